The van der Waals surface area contributed by atoms with Crippen molar-refractivity contribution in [3.63, 3.8) is 0 Å². The van der Waals surface area contributed by atoms with Crippen LogP contribution >= 0.6 is 0 Å². The van der Waals surface area contributed by atoms with E-state index in [1.54, 1.807) is 5.57 Å². The maximum atomic E-state index is 12.5. The van der Waals surface area contributed by atoms with E-state index in [4.69, 9.17) is 0 Å². The molecule has 0 heterocycles. The van der Waals surface area contributed by atoms with Gasteiger partial charge in [-0.3, -0.25) is 9.59 Å². The van der Waals surface area contributed by atoms with Gasteiger partial charge < -0.3 is 5.11 Å². The van der Waals surface area contributed by atoms with Crippen LogP contribution in [0.4, 0.5) is 0 Å². The van der Waals surface area contributed by atoms with E-state index in [2.05, 4.69) is 6.08 Å². The summed E-state index contributed by atoms with van der Waals surface area (Å²) in [6.07, 6.45) is 9.72. The SMILES string of the molecule is O=C1CCC2=C3CC[C@]4(CCO)C(=O)CCC4C3CC=C2C1. The quantitative estimate of drug-likeness (QED) is 0.852. The first-order valence-electron chi connectivity index (χ1n) is 8.73. The smallest absolute Gasteiger partial charge is 0.139 e. The van der Waals surface area contributed by atoms with E-state index in [0.29, 0.717) is 49.1 Å². The molecule has 3 heteroatoms. The molecule has 4 rings (SSSR count). The molecule has 0 aromatic rings. The largest absolute Gasteiger partial charge is 0.396 e. The van der Waals surface area contributed by atoms with Crippen molar-refractivity contribution < 1.29 is 14.7 Å². The Morgan fingerprint density at radius 1 is 1.18 bits per heavy atom. The summed E-state index contributed by atoms with van der Waals surface area (Å²) in [7, 11) is 0. The van der Waals surface area contributed by atoms with Crippen molar-refractivity contribution in [1.29, 1.82) is 0 Å². The molecule has 2 unspecified atom stereocenters. The second-order valence-corrected chi connectivity index (χ2v) is 7.49. The molecule has 0 aliphatic heterocycles. The molecule has 3 nitrogen and oxygen atoms in total. The lowest BCUT2D eigenvalue weighted by atomic mass is 9.56. The molecule has 22 heavy (non-hydrogen) atoms. The highest BCUT2D eigenvalue weighted by Gasteiger charge is 2.55. The molecule has 4 aliphatic carbocycles. The van der Waals surface area contributed by atoms with Crippen LogP contribution in [-0.4, -0.2) is 23.3 Å². The number of Topliss-reactive ketones (excluding diaryl/α,β-unsaturated/α-hetero) is 2. The van der Waals surface area contributed by atoms with E-state index in [9.17, 15) is 14.7 Å². The highest BCUT2D eigenvalue weighted by molar-refractivity contribution is 5.88. The van der Waals surface area contributed by atoms with Crippen molar-refractivity contribution in [3.05, 3.63) is 22.8 Å². The van der Waals surface area contributed by atoms with Gasteiger partial charge >= 0.3 is 0 Å². The monoisotopic (exact) mass is 300 g/mol. The number of fused-ring (bicyclic) bond motifs is 4. The molecule has 0 saturated heterocycles. The molecule has 3 atom stereocenters. The van der Waals surface area contributed by atoms with Crippen LogP contribution in [0.15, 0.2) is 22.8 Å². The fourth-order valence-electron chi connectivity index (χ4n) is 5.71. The number of carbonyl (C=O) groups excluding carboxylic acids is 2. The fraction of sp³-hybridized carbons (Fsp3) is 0.684. The topological polar surface area (TPSA) is 54.4 Å². The first-order valence-corrected chi connectivity index (χ1v) is 8.73. The number of rotatable bonds is 2. The zero-order valence-corrected chi connectivity index (χ0v) is 13.1. The summed E-state index contributed by atoms with van der Waals surface area (Å²) >= 11 is 0. The number of hydrogen-bond acceptors (Lipinski definition) is 3. The van der Waals surface area contributed by atoms with Crippen LogP contribution in [0.3, 0.4) is 0 Å². The first kappa shape index (κ1) is 14.4. The molecule has 0 spiro atoms. The molecule has 0 radical (unpaired) electrons. The molecule has 118 valence electrons. The molecule has 3 saturated carbocycles. The highest BCUT2D eigenvalue weighted by atomic mass is 16.3. The summed E-state index contributed by atoms with van der Waals surface area (Å²) in [5.74, 6) is 1.66. The van der Waals surface area contributed by atoms with Gasteiger partial charge in [-0.1, -0.05) is 11.6 Å². The number of aliphatic hydroxyl groups is 1. The highest BCUT2D eigenvalue weighted by Crippen LogP contribution is 2.59. The molecule has 0 amide bonds. The van der Waals surface area contributed by atoms with Gasteiger partial charge in [-0.15, -0.1) is 0 Å². The molecule has 4 aliphatic rings. The lowest BCUT2D eigenvalue weighted by Crippen LogP contribution is -2.42. The summed E-state index contributed by atoms with van der Waals surface area (Å²) in [6.45, 7) is 0.121. The van der Waals surface area contributed by atoms with Crippen LogP contribution in [-0.2, 0) is 9.59 Å². The first-order chi connectivity index (χ1) is 10.7. The second-order valence-electron chi connectivity index (χ2n) is 7.49. The zero-order valence-electron chi connectivity index (χ0n) is 13.1. The maximum absolute atomic E-state index is 12.5. The van der Waals surface area contributed by atoms with Gasteiger partial charge in [-0.05, 0) is 61.5 Å². The Morgan fingerprint density at radius 2 is 2.05 bits per heavy atom. The Morgan fingerprint density at radius 3 is 2.86 bits per heavy atom. The molecule has 0 bridgehead atoms. The van der Waals surface area contributed by atoms with Crippen LogP contribution in [0.1, 0.15) is 57.8 Å². The fourth-order valence-corrected chi connectivity index (χ4v) is 5.71. The van der Waals surface area contributed by atoms with Gasteiger partial charge in [0.25, 0.3) is 0 Å². The van der Waals surface area contributed by atoms with E-state index in [1.165, 1.54) is 11.1 Å². The molecular formula is C19H24O3. The molecular weight excluding hydrogens is 276 g/mol. The van der Waals surface area contributed by atoms with Gasteiger partial charge in [-0.2, -0.15) is 0 Å². The normalized spacial score (nSPS) is 37.6. The van der Waals surface area contributed by atoms with Crippen LogP contribution in [0.2, 0.25) is 0 Å². The van der Waals surface area contributed by atoms with Crippen molar-refractivity contribution in [2.45, 2.75) is 57.8 Å². The van der Waals surface area contributed by atoms with Crippen molar-refractivity contribution in [2.75, 3.05) is 6.61 Å². The predicted octanol–water partition coefficient (Wildman–Crippen LogP) is 3.12. The van der Waals surface area contributed by atoms with E-state index >= 15 is 0 Å². The van der Waals surface area contributed by atoms with E-state index in [-0.39, 0.29) is 12.0 Å². The van der Waals surface area contributed by atoms with Crippen molar-refractivity contribution in [2.24, 2.45) is 17.3 Å². The van der Waals surface area contributed by atoms with Crippen LogP contribution in [0.5, 0.6) is 0 Å². The Hall–Kier alpha value is -1.22. The maximum Gasteiger partial charge on any atom is 0.139 e. The third-order valence-electron chi connectivity index (χ3n) is 6.71. The number of hydrogen-bond donors (Lipinski definition) is 1. The number of ketones is 2. The second kappa shape index (κ2) is 5.16. The molecule has 3 fully saturated rings. The van der Waals surface area contributed by atoms with Crippen molar-refractivity contribution in [3.8, 4) is 0 Å². The molecule has 1 N–H and O–H groups in total. The van der Waals surface area contributed by atoms with Gasteiger partial charge in [0.2, 0.25) is 0 Å². The van der Waals surface area contributed by atoms with E-state index in [1.807, 2.05) is 0 Å². The third-order valence-corrected chi connectivity index (χ3v) is 6.71. The summed E-state index contributed by atoms with van der Waals surface area (Å²) in [4.78, 5) is 24.2. The standard InChI is InChI=1S/C19H24O3/c20-10-9-19-8-7-15-14-4-2-13(21)11-12(14)1-3-16(15)17(19)5-6-18(19)22/h1,16-17,20H,2-11H2/t16?,17?,19-/m1/s1. The summed E-state index contributed by atoms with van der Waals surface area (Å²) in [5, 5.41) is 9.48. The summed E-state index contributed by atoms with van der Waals surface area (Å²) < 4.78 is 0. The minimum absolute atomic E-state index is 0.121. The van der Waals surface area contributed by atoms with Crippen molar-refractivity contribution >= 4 is 11.6 Å². The lowest BCUT2D eigenvalue weighted by Gasteiger charge is -2.47. The summed E-state index contributed by atoms with van der Waals surface area (Å²) in [6, 6.07) is 0. The Bertz CT molecular complexity index is 598. The molecule has 0 aromatic carbocycles. The van der Waals surface area contributed by atoms with Gasteiger partial charge in [0, 0.05) is 31.3 Å². The van der Waals surface area contributed by atoms with Crippen LogP contribution in [0.25, 0.3) is 0 Å². The Kier molecular flexibility index (Phi) is 3.37. The van der Waals surface area contributed by atoms with Crippen LogP contribution < -0.4 is 0 Å². The van der Waals surface area contributed by atoms with Crippen molar-refractivity contribution in [1.82, 2.24) is 0 Å². The average molecular weight is 300 g/mol. The number of carbonyl (C=O) groups is 2. The van der Waals surface area contributed by atoms with Gasteiger partial charge in [-0.25, -0.2) is 0 Å². The zero-order chi connectivity index (χ0) is 15.3. The van der Waals surface area contributed by atoms with Gasteiger partial charge in [0.15, 0.2) is 0 Å². The third kappa shape index (κ3) is 1.91. The van der Waals surface area contributed by atoms with Gasteiger partial charge in [0.1, 0.15) is 11.6 Å². The minimum Gasteiger partial charge on any atom is -0.396 e. The minimum atomic E-state index is -0.251. The van der Waals surface area contributed by atoms with E-state index in [0.717, 1.165) is 32.1 Å². The lowest BCUT2D eigenvalue weighted by molar-refractivity contribution is -0.130. The van der Waals surface area contributed by atoms with Gasteiger partial charge in [0.05, 0.1) is 0 Å². The number of allylic oxidation sites excluding steroid dienone is 4. The average Bonchev–Trinajstić information content (AvgIpc) is 2.84. The number of aliphatic hydroxyl groups excluding tert-OH is 1. The van der Waals surface area contributed by atoms with E-state index < -0.39 is 0 Å². The Labute approximate surface area is 131 Å². The summed E-state index contributed by atoms with van der Waals surface area (Å²) in [5.41, 5.74) is 4.03. The predicted molar refractivity (Wildman–Crippen MR) is 83.2 cm³/mol. The van der Waals surface area contributed by atoms with Crippen LogP contribution in [0, 0.1) is 17.3 Å². The molecule has 0 aromatic heterocycles. The Balaban J connectivity index is 1.70.